The van der Waals surface area contributed by atoms with E-state index in [2.05, 4.69) is 21.9 Å². The molecule has 6 heteroatoms. The van der Waals surface area contributed by atoms with E-state index in [-0.39, 0.29) is 11.3 Å². The Morgan fingerprint density at radius 1 is 0.870 bits per heavy atom. The van der Waals surface area contributed by atoms with Gasteiger partial charge in [0.15, 0.2) is 0 Å². The third kappa shape index (κ3) is 4.33. The van der Waals surface area contributed by atoms with E-state index in [9.17, 15) is 14.4 Å². The molecule has 124 valence electrons. The highest BCUT2D eigenvalue weighted by Gasteiger charge is 2.43. The van der Waals surface area contributed by atoms with Crippen LogP contribution in [-0.4, -0.2) is 36.4 Å². The molecule has 0 N–H and O–H groups in total. The van der Waals surface area contributed by atoms with Crippen molar-refractivity contribution in [3.05, 3.63) is 0 Å². The molecule has 0 spiro atoms. The highest BCUT2D eigenvalue weighted by Crippen LogP contribution is 2.45. The van der Waals surface area contributed by atoms with Crippen LogP contribution in [0.15, 0.2) is 15.0 Å². The standard InChI is InChI=1S/C17H23N3O3/c1-17(7-3-2-4-8-17)9-13-5-6-14(18-10-21)16(20-12-23)15(13)19-11-22/h13-16H,2-9H2,1H3. The molecular weight excluding hydrogens is 294 g/mol. The van der Waals surface area contributed by atoms with E-state index >= 15 is 0 Å². The van der Waals surface area contributed by atoms with Crippen molar-refractivity contribution in [2.75, 3.05) is 0 Å². The topological polar surface area (TPSA) is 88.3 Å². The van der Waals surface area contributed by atoms with Crippen molar-refractivity contribution < 1.29 is 14.4 Å². The van der Waals surface area contributed by atoms with Gasteiger partial charge in [-0.05, 0) is 43.4 Å². The first-order valence-corrected chi connectivity index (χ1v) is 8.34. The molecule has 0 aromatic carbocycles. The molecule has 0 aliphatic heterocycles. The summed E-state index contributed by atoms with van der Waals surface area (Å²) in [6.07, 6.45) is 13.2. The number of hydrogen-bond acceptors (Lipinski definition) is 6. The summed E-state index contributed by atoms with van der Waals surface area (Å²) < 4.78 is 0. The quantitative estimate of drug-likeness (QED) is 0.577. The zero-order valence-corrected chi connectivity index (χ0v) is 13.5. The average molecular weight is 317 g/mol. The Hall–Kier alpha value is -1.86. The summed E-state index contributed by atoms with van der Waals surface area (Å²) in [6.45, 7) is 2.29. The van der Waals surface area contributed by atoms with Gasteiger partial charge in [-0.15, -0.1) is 0 Å². The van der Waals surface area contributed by atoms with E-state index in [1.54, 1.807) is 12.2 Å². The molecule has 0 amide bonds. The van der Waals surface area contributed by atoms with E-state index in [0.717, 1.165) is 12.8 Å². The third-order valence-corrected chi connectivity index (χ3v) is 5.50. The lowest BCUT2D eigenvalue weighted by molar-refractivity contribution is 0.124. The zero-order valence-electron chi connectivity index (χ0n) is 13.5. The lowest BCUT2D eigenvalue weighted by atomic mass is 9.66. The number of carbonyl (C=O) groups excluding carboxylic acids is 3. The Balaban J connectivity index is 2.22. The molecular formula is C17H23N3O3. The van der Waals surface area contributed by atoms with Crippen LogP contribution in [0.1, 0.15) is 58.3 Å². The van der Waals surface area contributed by atoms with Crippen LogP contribution in [-0.2, 0) is 14.4 Å². The van der Waals surface area contributed by atoms with Crippen molar-refractivity contribution in [2.24, 2.45) is 26.3 Å². The predicted molar refractivity (Wildman–Crippen MR) is 84.3 cm³/mol. The maximum Gasteiger partial charge on any atom is 0.235 e. The van der Waals surface area contributed by atoms with Crippen molar-refractivity contribution in [1.29, 1.82) is 0 Å². The second kappa shape index (κ2) is 8.12. The van der Waals surface area contributed by atoms with Crippen LogP contribution in [0.2, 0.25) is 0 Å². The van der Waals surface area contributed by atoms with Crippen molar-refractivity contribution in [2.45, 2.75) is 76.4 Å². The van der Waals surface area contributed by atoms with Gasteiger partial charge in [0.05, 0.1) is 12.1 Å². The van der Waals surface area contributed by atoms with Gasteiger partial charge in [0.1, 0.15) is 6.04 Å². The maximum atomic E-state index is 10.9. The van der Waals surface area contributed by atoms with Crippen LogP contribution in [0.25, 0.3) is 0 Å². The molecule has 2 saturated carbocycles. The average Bonchev–Trinajstić information content (AvgIpc) is 2.53. The molecule has 0 heterocycles. The van der Waals surface area contributed by atoms with Crippen LogP contribution in [0.3, 0.4) is 0 Å². The summed E-state index contributed by atoms with van der Waals surface area (Å²) in [7, 11) is 0. The number of rotatable bonds is 5. The molecule has 2 rings (SSSR count). The Morgan fingerprint density at radius 3 is 2.09 bits per heavy atom. The monoisotopic (exact) mass is 317 g/mol. The fourth-order valence-corrected chi connectivity index (χ4v) is 4.37. The van der Waals surface area contributed by atoms with Gasteiger partial charge in [-0.3, -0.25) is 0 Å². The predicted octanol–water partition coefficient (Wildman–Crippen LogP) is 2.87. The highest BCUT2D eigenvalue weighted by molar-refractivity contribution is 5.38. The second-order valence-corrected chi connectivity index (χ2v) is 7.12. The lowest BCUT2D eigenvalue weighted by Gasteiger charge is -2.42. The highest BCUT2D eigenvalue weighted by atomic mass is 16.1. The summed E-state index contributed by atoms with van der Waals surface area (Å²) in [5.41, 5.74) is 0.246. The molecule has 2 fully saturated rings. The van der Waals surface area contributed by atoms with Crippen LogP contribution in [0, 0.1) is 11.3 Å². The summed E-state index contributed by atoms with van der Waals surface area (Å²) >= 11 is 0. The van der Waals surface area contributed by atoms with E-state index in [0.29, 0.717) is 6.42 Å². The van der Waals surface area contributed by atoms with Gasteiger partial charge >= 0.3 is 0 Å². The van der Waals surface area contributed by atoms with Crippen molar-refractivity contribution in [1.82, 2.24) is 0 Å². The van der Waals surface area contributed by atoms with Gasteiger partial charge in [0, 0.05) is 0 Å². The first-order chi connectivity index (χ1) is 11.1. The molecule has 23 heavy (non-hydrogen) atoms. The van der Waals surface area contributed by atoms with Gasteiger partial charge in [0.25, 0.3) is 0 Å². The van der Waals surface area contributed by atoms with Gasteiger partial charge in [-0.1, -0.05) is 26.2 Å². The normalized spacial score (nSPS) is 32.7. The maximum absolute atomic E-state index is 10.9. The van der Waals surface area contributed by atoms with Crippen molar-refractivity contribution >= 4 is 18.2 Å². The van der Waals surface area contributed by atoms with Crippen molar-refractivity contribution in [3.8, 4) is 0 Å². The van der Waals surface area contributed by atoms with Crippen LogP contribution >= 0.6 is 0 Å². The fraction of sp³-hybridized carbons (Fsp3) is 0.824. The smallest absolute Gasteiger partial charge is 0.211 e. The SMILES string of the molecule is CC1(CC2CCC(N=C=O)C(N=C=O)C2N=C=O)CCCCC1. The first kappa shape index (κ1) is 17.5. The Labute approximate surface area is 136 Å². The number of nitrogens with zero attached hydrogens (tertiary/aromatic N) is 3. The number of hydrogen-bond donors (Lipinski definition) is 0. The molecule has 2 aliphatic carbocycles. The Morgan fingerprint density at radius 2 is 1.48 bits per heavy atom. The van der Waals surface area contributed by atoms with Crippen LogP contribution in [0.5, 0.6) is 0 Å². The summed E-state index contributed by atoms with van der Waals surface area (Å²) in [4.78, 5) is 43.7. The number of isocyanates is 3. The van der Waals surface area contributed by atoms with Gasteiger partial charge in [0.2, 0.25) is 18.2 Å². The lowest BCUT2D eigenvalue weighted by Crippen LogP contribution is -2.45. The van der Waals surface area contributed by atoms with Gasteiger partial charge in [-0.25, -0.2) is 19.4 Å². The Bertz CT molecular complexity index is 551. The van der Waals surface area contributed by atoms with Crippen molar-refractivity contribution in [3.63, 3.8) is 0 Å². The molecule has 4 unspecified atom stereocenters. The molecule has 4 atom stereocenters. The molecule has 0 radical (unpaired) electrons. The summed E-state index contributed by atoms with van der Waals surface area (Å²) in [5, 5.41) is 0. The zero-order chi connectivity index (χ0) is 16.7. The van der Waals surface area contributed by atoms with E-state index < -0.39 is 18.1 Å². The largest absolute Gasteiger partial charge is 0.235 e. The minimum absolute atomic E-state index is 0.153. The summed E-state index contributed by atoms with van der Waals surface area (Å²) in [6, 6.07) is -1.52. The molecule has 0 aromatic heterocycles. The Kier molecular flexibility index (Phi) is 6.18. The molecule has 0 saturated heterocycles. The second-order valence-electron chi connectivity index (χ2n) is 7.12. The fourth-order valence-electron chi connectivity index (χ4n) is 4.37. The molecule has 0 aromatic rings. The minimum Gasteiger partial charge on any atom is -0.211 e. The third-order valence-electron chi connectivity index (χ3n) is 5.50. The molecule has 2 aliphatic rings. The van der Waals surface area contributed by atoms with E-state index in [4.69, 9.17) is 0 Å². The van der Waals surface area contributed by atoms with Gasteiger partial charge in [-0.2, -0.15) is 9.98 Å². The molecule has 6 nitrogen and oxygen atoms in total. The van der Waals surface area contributed by atoms with Crippen LogP contribution < -0.4 is 0 Å². The number of aliphatic imine (C=N–C) groups is 3. The molecule has 0 bridgehead atoms. The van der Waals surface area contributed by atoms with E-state index in [1.807, 2.05) is 0 Å². The van der Waals surface area contributed by atoms with Gasteiger partial charge < -0.3 is 0 Å². The first-order valence-electron chi connectivity index (χ1n) is 8.34. The minimum atomic E-state index is -0.610. The van der Waals surface area contributed by atoms with E-state index in [1.165, 1.54) is 38.2 Å². The van der Waals surface area contributed by atoms with Crippen LogP contribution in [0.4, 0.5) is 0 Å². The summed E-state index contributed by atoms with van der Waals surface area (Å²) in [5.74, 6) is 0.153.